The number of benzene rings is 2. The van der Waals surface area contributed by atoms with Crippen LogP contribution < -0.4 is 16.9 Å². The third kappa shape index (κ3) is 15.3. The molecule has 1 amide bonds. The minimum atomic E-state index is -0.990. The first-order chi connectivity index (χ1) is 31.0. The van der Waals surface area contributed by atoms with Gasteiger partial charge in [-0.2, -0.15) is 0 Å². The number of nitrogens with zero attached hydrogens (tertiary/aromatic N) is 10. The zero-order chi connectivity index (χ0) is 46.7. The molecule has 0 saturated heterocycles. The molecular weight excluding hydrogens is 875 g/mol. The number of ketones is 1. The smallest absolute Gasteiger partial charge is 0.354 e. The van der Waals surface area contributed by atoms with Gasteiger partial charge in [0.1, 0.15) is 28.8 Å². The van der Waals surface area contributed by atoms with Crippen LogP contribution in [0, 0.1) is 10.8 Å². The Bertz CT molecular complexity index is 3020. The van der Waals surface area contributed by atoms with E-state index in [9.17, 15) is 24.0 Å². The lowest BCUT2D eigenvalue weighted by molar-refractivity contribution is -0.117. The van der Waals surface area contributed by atoms with Gasteiger partial charge in [-0.1, -0.05) is 81.7 Å². The van der Waals surface area contributed by atoms with Crippen molar-refractivity contribution in [3.63, 3.8) is 0 Å². The summed E-state index contributed by atoms with van der Waals surface area (Å²) in [5.74, 6) is 0.189. The third-order valence-corrected chi connectivity index (χ3v) is 10.8. The van der Waals surface area contributed by atoms with E-state index < -0.39 is 11.9 Å². The lowest BCUT2D eigenvalue weighted by Crippen LogP contribution is -2.36. The van der Waals surface area contributed by atoms with Gasteiger partial charge in [0.05, 0.1) is 21.8 Å². The first-order valence-electron chi connectivity index (χ1n) is 20.9. The standard InChI is InChI=1S/C22H23N3O2.C14H17N3O.C6H4N4O.C6H5NO2.4CH4/c1-22(2)9-8-20-24-19-12-15(6-7-18(19)21(27)25(20)14-22)11-17(26)13-16-5-3-4-10-23-16;1-14(2)6-5-12-16-11-7-9(15)3-4-10(11)13(18)17(12)8-14;7-10-9-6(11)5-3-1-2-4-8-5;8-6(9)5-3-1-2-4-7-5;;;;/h3-7,10,12H,8-9,11,13-14H2,1-2H3;3-4,7H,5-6,8,15H2,1-2H3;1-4H;1-4H,(H,8,9);4*1H4. The molecule has 364 valence electrons. The van der Waals surface area contributed by atoms with E-state index in [1.165, 1.54) is 24.5 Å². The predicted octanol–water partition coefficient (Wildman–Crippen LogP) is 9.93. The van der Waals surface area contributed by atoms with Gasteiger partial charge in [-0.25, -0.2) is 19.7 Å². The molecule has 0 unspecified atom stereocenters. The average Bonchev–Trinajstić information content (AvgIpc) is 3.28. The molecule has 17 nitrogen and oxygen atoms in total. The summed E-state index contributed by atoms with van der Waals surface area (Å²) in [6.07, 6.45) is 8.98. The maximum absolute atomic E-state index is 12.9. The Morgan fingerprint density at radius 1 is 0.681 bits per heavy atom. The molecular formula is C52H65N11O6. The largest absolute Gasteiger partial charge is 0.477 e. The zero-order valence-corrected chi connectivity index (χ0v) is 36.6. The van der Waals surface area contributed by atoms with Crippen molar-refractivity contribution in [2.24, 2.45) is 15.9 Å². The van der Waals surface area contributed by atoms with E-state index in [0.717, 1.165) is 55.1 Å². The molecule has 3 N–H and O–H groups in total. The minimum absolute atomic E-state index is 0. The van der Waals surface area contributed by atoms with Crippen LogP contribution in [0.1, 0.15) is 114 Å². The fourth-order valence-electron chi connectivity index (χ4n) is 7.39. The number of hydrogen-bond donors (Lipinski definition) is 2. The highest BCUT2D eigenvalue weighted by Gasteiger charge is 2.28. The number of aromatic nitrogens is 7. The summed E-state index contributed by atoms with van der Waals surface area (Å²) >= 11 is 0. The van der Waals surface area contributed by atoms with Gasteiger partial charge in [-0.05, 0) is 107 Å². The fraction of sp³-hybridized carbons (Fsp3) is 0.346. The number of aromatic carboxylic acids is 1. The topological polar surface area (TPSA) is 255 Å². The second kappa shape index (κ2) is 25.3. The number of pyridine rings is 3. The van der Waals surface area contributed by atoms with E-state index in [-0.39, 0.29) is 68.8 Å². The molecule has 9 rings (SSSR count). The lowest BCUT2D eigenvalue weighted by atomic mass is 9.85. The van der Waals surface area contributed by atoms with Crippen molar-refractivity contribution >= 4 is 45.2 Å². The van der Waals surface area contributed by atoms with Crippen LogP contribution in [0.15, 0.2) is 124 Å². The quantitative estimate of drug-likeness (QED) is 0.0683. The van der Waals surface area contributed by atoms with Crippen molar-refractivity contribution in [3.05, 3.63) is 175 Å². The molecule has 0 fully saturated rings. The molecule has 5 aromatic heterocycles. The van der Waals surface area contributed by atoms with E-state index in [2.05, 4.69) is 57.7 Å². The van der Waals surface area contributed by atoms with Crippen LogP contribution >= 0.6 is 0 Å². The number of hydrogen-bond acceptors (Lipinski definition) is 11. The number of carboxylic acids is 1. The Hall–Kier alpha value is -7.91. The fourth-order valence-corrected chi connectivity index (χ4v) is 7.39. The zero-order valence-electron chi connectivity index (χ0n) is 36.6. The van der Waals surface area contributed by atoms with Gasteiger partial charge in [0, 0.05) is 73.7 Å². The molecule has 0 bridgehead atoms. The van der Waals surface area contributed by atoms with Crippen LogP contribution in [-0.4, -0.2) is 56.8 Å². The molecule has 0 aliphatic carbocycles. The summed E-state index contributed by atoms with van der Waals surface area (Å²) in [5.41, 5.74) is 18.0. The highest BCUT2D eigenvalue weighted by molar-refractivity contribution is 5.92. The minimum Gasteiger partial charge on any atom is -0.477 e. The maximum Gasteiger partial charge on any atom is 0.354 e. The number of rotatable bonds is 6. The number of carbonyl (C=O) groups is 3. The highest BCUT2D eigenvalue weighted by Crippen LogP contribution is 2.31. The molecule has 7 aromatic rings. The molecule has 2 aromatic carbocycles. The molecule has 2 aliphatic rings. The molecule has 0 radical (unpaired) electrons. The number of fused-ring (bicyclic) bond motifs is 4. The van der Waals surface area contributed by atoms with Crippen molar-refractivity contribution in [2.45, 2.75) is 109 Å². The van der Waals surface area contributed by atoms with E-state index >= 15 is 0 Å². The molecule has 17 heteroatoms. The lowest BCUT2D eigenvalue weighted by Gasteiger charge is -2.31. The molecule has 0 spiro atoms. The Labute approximate surface area is 403 Å². The van der Waals surface area contributed by atoms with E-state index in [0.29, 0.717) is 46.9 Å². The van der Waals surface area contributed by atoms with Crippen molar-refractivity contribution < 1.29 is 19.5 Å². The summed E-state index contributed by atoms with van der Waals surface area (Å²) in [5, 5.41) is 12.5. The van der Waals surface area contributed by atoms with Crippen LogP contribution in [0.25, 0.3) is 32.2 Å². The van der Waals surface area contributed by atoms with Crippen molar-refractivity contribution in [1.29, 1.82) is 0 Å². The van der Waals surface area contributed by atoms with Gasteiger partial charge in [0.15, 0.2) is 0 Å². The summed E-state index contributed by atoms with van der Waals surface area (Å²) in [4.78, 5) is 81.7. The number of Topliss-reactive ketones (excluding diaryl/α,β-unsaturated/α-hetero) is 1. The van der Waals surface area contributed by atoms with Crippen LogP contribution in [0.2, 0.25) is 0 Å². The molecule has 69 heavy (non-hydrogen) atoms. The number of azide groups is 1. The van der Waals surface area contributed by atoms with Crippen LogP contribution in [0.4, 0.5) is 5.69 Å². The number of nitrogen functional groups attached to an aromatic ring is 1. The average molecular weight is 940 g/mol. The summed E-state index contributed by atoms with van der Waals surface area (Å²) < 4.78 is 3.64. The number of anilines is 1. The second-order valence-corrected chi connectivity index (χ2v) is 17.2. The second-order valence-electron chi connectivity index (χ2n) is 17.2. The Balaban J connectivity index is 0.000000337. The van der Waals surface area contributed by atoms with E-state index in [1.807, 2.05) is 45.5 Å². The number of carbonyl (C=O) groups excluding carboxylic acids is 2. The molecule has 0 saturated carbocycles. The van der Waals surface area contributed by atoms with Gasteiger partial charge in [0.2, 0.25) is 0 Å². The molecule has 7 heterocycles. The summed E-state index contributed by atoms with van der Waals surface area (Å²) in [6.45, 7) is 10.2. The summed E-state index contributed by atoms with van der Waals surface area (Å²) in [7, 11) is 0. The Morgan fingerprint density at radius 3 is 1.64 bits per heavy atom. The maximum atomic E-state index is 12.9. The summed E-state index contributed by atoms with van der Waals surface area (Å²) in [6, 6.07) is 26.0. The number of carboxylic acid groups (broad SMARTS) is 1. The van der Waals surface area contributed by atoms with Crippen molar-refractivity contribution in [2.75, 3.05) is 5.73 Å². The van der Waals surface area contributed by atoms with Gasteiger partial charge >= 0.3 is 5.97 Å². The Morgan fingerprint density at radius 2 is 1.17 bits per heavy atom. The van der Waals surface area contributed by atoms with E-state index in [4.69, 9.17) is 21.4 Å². The van der Waals surface area contributed by atoms with E-state index in [1.54, 1.807) is 48.7 Å². The number of nitrogens with two attached hydrogens (primary N) is 1. The van der Waals surface area contributed by atoms with Gasteiger partial charge in [0.25, 0.3) is 17.0 Å². The van der Waals surface area contributed by atoms with Gasteiger partial charge in [-0.3, -0.25) is 38.3 Å². The number of amides is 1. The highest BCUT2D eigenvalue weighted by atomic mass is 16.4. The molecule has 0 atom stereocenters. The monoisotopic (exact) mass is 940 g/mol. The normalized spacial score (nSPS) is 13.2. The van der Waals surface area contributed by atoms with Crippen molar-refractivity contribution in [1.82, 2.24) is 34.1 Å². The SMILES string of the molecule is C.C.C.C.CC1(C)CCc2nc3cc(CC(=O)Cc4ccccn4)ccc3c(=O)n2C1.CC1(C)CCc2nc3cc(N)ccc3c(=O)n2C1.O=C(O)c1ccccn1.[N-]=[N+]=NC(=O)c1ccccn1. The van der Waals surface area contributed by atoms with Gasteiger partial charge < -0.3 is 10.8 Å². The number of aryl methyl sites for hydroxylation is 2. The van der Waals surface area contributed by atoms with Crippen LogP contribution in [0.3, 0.4) is 0 Å². The van der Waals surface area contributed by atoms with Crippen LogP contribution in [-0.2, 0) is 43.6 Å². The first kappa shape index (κ1) is 57.2. The Kier molecular flexibility index (Phi) is 21.0. The van der Waals surface area contributed by atoms with Gasteiger partial charge in [-0.15, -0.1) is 0 Å². The first-order valence-corrected chi connectivity index (χ1v) is 20.9. The van der Waals surface area contributed by atoms with Crippen LogP contribution in [0.5, 0.6) is 0 Å². The third-order valence-electron chi connectivity index (χ3n) is 10.8. The molecule has 2 aliphatic heterocycles. The predicted molar refractivity (Wildman–Crippen MR) is 273 cm³/mol. The van der Waals surface area contributed by atoms with Crippen molar-refractivity contribution in [3.8, 4) is 0 Å².